The normalized spacial score (nSPS) is 11.3. The van der Waals surface area contributed by atoms with Crippen molar-refractivity contribution in [3.8, 4) is 0 Å². The largest absolute Gasteiger partial charge is 0.462 e. The first-order chi connectivity index (χ1) is 9.01. The van der Waals surface area contributed by atoms with E-state index in [1.54, 1.807) is 19.2 Å². The summed E-state index contributed by atoms with van der Waals surface area (Å²) in [5.41, 5.74) is 0.179. The second-order valence-corrected chi connectivity index (χ2v) is 4.99. The monoisotopic (exact) mass is 318 g/mol. The maximum absolute atomic E-state index is 12.3. The van der Waals surface area contributed by atoms with Crippen molar-refractivity contribution in [2.24, 2.45) is 0 Å². The molecule has 0 atom stereocenters. The zero-order chi connectivity index (χ0) is 14.4. The van der Waals surface area contributed by atoms with Gasteiger partial charge in [0.05, 0.1) is 11.6 Å². The predicted molar refractivity (Wildman–Crippen MR) is 79.0 cm³/mol. The maximum Gasteiger partial charge on any atom is 0.342 e. The van der Waals surface area contributed by atoms with Crippen LogP contribution in [0.15, 0.2) is 29.2 Å². The lowest BCUT2D eigenvalue weighted by Gasteiger charge is -2.07. The van der Waals surface area contributed by atoms with Gasteiger partial charge < -0.3 is 4.74 Å². The van der Waals surface area contributed by atoms with E-state index in [0.717, 1.165) is 0 Å². The van der Waals surface area contributed by atoms with Crippen LogP contribution in [-0.2, 0) is 9.53 Å². The van der Waals surface area contributed by atoms with E-state index in [4.69, 9.17) is 27.9 Å². The molecule has 6 heteroatoms. The Labute approximate surface area is 125 Å². The van der Waals surface area contributed by atoms with E-state index in [-0.39, 0.29) is 22.8 Å². The maximum atomic E-state index is 12.3. The van der Waals surface area contributed by atoms with Crippen LogP contribution in [0, 0.1) is 0 Å². The lowest BCUT2D eigenvalue weighted by Crippen LogP contribution is -2.16. The Morgan fingerprint density at radius 3 is 2.58 bits per heavy atom. The molecule has 19 heavy (non-hydrogen) atoms. The van der Waals surface area contributed by atoms with Crippen LogP contribution >= 0.6 is 35.0 Å². The molecule has 1 aromatic carbocycles. The minimum atomic E-state index is -0.659. The zero-order valence-electron chi connectivity index (χ0n) is 10.4. The van der Waals surface area contributed by atoms with Gasteiger partial charge in [-0.05, 0) is 36.8 Å². The van der Waals surface area contributed by atoms with Crippen LogP contribution in [0.2, 0.25) is 10.0 Å². The van der Waals surface area contributed by atoms with Crippen LogP contribution in [0.25, 0.3) is 0 Å². The molecule has 0 bridgehead atoms. The van der Waals surface area contributed by atoms with Gasteiger partial charge in [0.1, 0.15) is 5.57 Å². The molecule has 0 spiro atoms. The van der Waals surface area contributed by atoms with Crippen molar-refractivity contribution in [2.75, 3.05) is 12.9 Å². The van der Waals surface area contributed by atoms with Crippen molar-refractivity contribution >= 4 is 46.7 Å². The fraction of sp³-hybridized carbons (Fsp3) is 0.231. The summed E-state index contributed by atoms with van der Waals surface area (Å²) in [6.07, 6.45) is 1.75. The number of rotatable bonds is 5. The highest BCUT2D eigenvalue weighted by atomic mass is 35.5. The summed E-state index contributed by atoms with van der Waals surface area (Å²) in [4.78, 5) is 24.0. The molecular formula is C13H12Cl2O3S. The smallest absolute Gasteiger partial charge is 0.342 e. The number of hydrogen-bond donors (Lipinski definition) is 0. The number of ether oxygens (including phenoxy) is 1. The number of esters is 1. The number of carbonyl (C=O) groups excluding carboxylic acids is 2. The molecule has 1 aromatic rings. The van der Waals surface area contributed by atoms with Gasteiger partial charge >= 0.3 is 5.97 Å². The second-order valence-electron chi connectivity index (χ2n) is 3.44. The van der Waals surface area contributed by atoms with E-state index in [1.807, 2.05) is 0 Å². The van der Waals surface area contributed by atoms with Crippen molar-refractivity contribution in [3.63, 3.8) is 0 Å². The number of carbonyl (C=O) groups is 2. The van der Waals surface area contributed by atoms with Crippen LogP contribution in [0.4, 0.5) is 0 Å². The molecule has 0 amide bonds. The lowest BCUT2D eigenvalue weighted by atomic mass is 10.0. The number of benzene rings is 1. The summed E-state index contributed by atoms with van der Waals surface area (Å²) in [7, 11) is 0. The number of hydrogen-bond acceptors (Lipinski definition) is 4. The van der Waals surface area contributed by atoms with Crippen molar-refractivity contribution in [1.29, 1.82) is 0 Å². The Morgan fingerprint density at radius 1 is 1.37 bits per heavy atom. The first-order valence-corrected chi connectivity index (χ1v) is 7.45. The molecule has 0 heterocycles. The van der Waals surface area contributed by atoms with Gasteiger partial charge in [0.2, 0.25) is 5.78 Å². The molecule has 0 fully saturated rings. The van der Waals surface area contributed by atoms with Crippen LogP contribution in [0.1, 0.15) is 17.3 Å². The summed E-state index contributed by atoms with van der Waals surface area (Å²) in [6.45, 7) is 1.88. The van der Waals surface area contributed by atoms with Gasteiger partial charge in [-0.1, -0.05) is 23.2 Å². The van der Waals surface area contributed by atoms with Crippen molar-refractivity contribution in [1.82, 2.24) is 0 Å². The third-order valence-electron chi connectivity index (χ3n) is 2.15. The number of thioether (sulfide) groups is 1. The molecule has 1 rings (SSSR count). The predicted octanol–water partition coefficient (Wildman–Crippen LogP) is 3.99. The lowest BCUT2D eigenvalue weighted by molar-refractivity contribution is -0.138. The highest BCUT2D eigenvalue weighted by Crippen LogP contribution is 2.24. The van der Waals surface area contributed by atoms with Crippen LogP contribution in [0.5, 0.6) is 0 Å². The van der Waals surface area contributed by atoms with Gasteiger partial charge in [0.15, 0.2) is 0 Å². The van der Waals surface area contributed by atoms with E-state index in [1.165, 1.54) is 29.3 Å². The Hall–Kier alpha value is -0.970. The van der Waals surface area contributed by atoms with Crippen molar-refractivity contribution in [2.45, 2.75) is 6.92 Å². The number of halogens is 2. The fourth-order valence-electron chi connectivity index (χ4n) is 1.34. The molecule has 0 saturated heterocycles. The molecule has 0 aromatic heterocycles. The van der Waals surface area contributed by atoms with Gasteiger partial charge in [0, 0.05) is 10.6 Å². The second kappa shape index (κ2) is 7.58. The van der Waals surface area contributed by atoms with Crippen LogP contribution < -0.4 is 0 Å². The Balaban J connectivity index is 3.13. The Bertz CT molecular complexity index is 527. The van der Waals surface area contributed by atoms with Crippen molar-refractivity contribution < 1.29 is 14.3 Å². The fourth-order valence-corrected chi connectivity index (χ4v) is 2.27. The van der Waals surface area contributed by atoms with Gasteiger partial charge in [0.25, 0.3) is 0 Å². The Morgan fingerprint density at radius 2 is 2.05 bits per heavy atom. The molecule has 0 radical (unpaired) electrons. The Kier molecular flexibility index (Phi) is 6.42. The topological polar surface area (TPSA) is 43.4 Å². The summed E-state index contributed by atoms with van der Waals surface area (Å²) >= 11 is 13.0. The summed E-state index contributed by atoms with van der Waals surface area (Å²) < 4.78 is 4.85. The molecule has 0 N–H and O–H groups in total. The first kappa shape index (κ1) is 16.1. The third kappa shape index (κ3) is 4.27. The van der Waals surface area contributed by atoms with Gasteiger partial charge in [-0.2, -0.15) is 0 Å². The average molecular weight is 319 g/mol. The molecule has 0 aliphatic heterocycles. The average Bonchev–Trinajstić information content (AvgIpc) is 2.35. The molecule has 3 nitrogen and oxygen atoms in total. The van der Waals surface area contributed by atoms with Crippen molar-refractivity contribution in [3.05, 3.63) is 44.8 Å². The van der Waals surface area contributed by atoms with E-state index in [0.29, 0.717) is 5.02 Å². The van der Waals surface area contributed by atoms with E-state index >= 15 is 0 Å². The minimum Gasteiger partial charge on any atom is -0.462 e. The molecule has 0 aliphatic rings. The van der Waals surface area contributed by atoms with Gasteiger partial charge in [-0.15, -0.1) is 11.8 Å². The van der Waals surface area contributed by atoms with Crippen LogP contribution in [0.3, 0.4) is 0 Å². The highest BCUT2D eigenvalue weighted by molar-refractivity contribution is 8.01. The molecule has 0 saturated carbocycles. The SMILES string of the molecule is CCOC(=O)/C(=C\SC)C(=O)c1ccc(Cl)cc1Cl. The molecular weight excluding hydrogens is 307 g/mol. The summed E-state index contributed by atoms with van der Waals surface area (Å²) in [6, 6.07) is 4.49. The third-order valence-corrected chi connectivity index (χ3v) is 3.17. The minimum absolute atomic E-state index is 0.0430. The first-order valence-electron chi connectivity index (χ1n) is 5.41. The number of ketones is 1. The van der Waals surface area contributed by atoms with E-state index in [9.17, 15) is 9.59 Å². The summed E-state index contributed by atoms with van der Waals surface area (Å²) in [5, 5.41) is 2.08. The molecule has 0 aliphatic carbocycles. The number of Topliss-reactive ketones (excluding diaryl/α,β-unsaturated/α-hetero) is 1. The standard InChI is InChI=1S/C13H12Cl2O3S/c1-3-18-13(17)10(7-19-2)12(16)9-5-4-8(14)6-11(9)15/h4-7H,3H2,1-2H3/b10-7-. The highest BCUT2D eigenvalue weighted by Gasteiger charge is 2.22. The van der Waals surface area contributed by atoms with E-state index < -0.39 is 11.8 Å². The molecule has 0 unspecified atom stereocenters. The quantitative estimate of drug-likeness (QED) is 0.271. The van der Waals surface area contributed by atoms with Gasteiger partial charge in [-0.25, -0.2) is 4.79 Å². The van der Waals surface area contributed by atoms with Gasteiger partial charge in [-0.3, -0.25) is 4.79 Å². The molecule has 102 valence electrons. The zero-order valence-corrected chi connectivity index (χ0v) is 12.7. The van der Waals surface area contributed by atoms with E-state index in [2.05, 4.69) is 0 Å². The summed E-state index contributed by atoms with van der Waals surface area (Å²) in [5.74, 6) is -1.14. The van der Waals surface area contributed by atoms with Crippen LogP contribution in [-0.4, -0.2) is 24.6 Å².